The van der Waals surface area contributed by atoms with Crippen LogP contribution in [0.25, 0.3) is 0 Å². The summed E-state index contributed by atoms with van der Waals surface area (Å²) in [5, 5.41) is 0. The Kier molecular flexibility index (Phi) is 3.49. The van der Waals surface area contributed by atoms with E-state index in [1.807, 2.05) is 13.8 Å². The topological polar surface area (TPSA) is 9.23 Å². The maximum atomic E-state index is 11.8. The molecule has 0 fully saturated rings. The molecular formula is C9H19FO. The van der Waals surface area contributed by atoms with Crippen molar-refractivity contribution in [2.24, 2.45) is 5.41 Å². The van der Waals surface area contributed by atoms with Crippen LogP contribution < -0.4 is 0 Å². The highest BCUT2D eigenvalue weighted by Crippen LogP contribution is 2.32. The molecule has 0 aromatic heterocycles. The molecule has 0 amide bonds. The Labute approximate surface area is 68.9 Å². The number of ether oxygens (including phenoxy) is 1. The zero-order chi connectivity index (χ0) is 9.12. The average molecular weight is 162 g/mol. The van der Waals surface area contributed by atoms with Gasteiger partial charge in [-0.05, 0) is 19.3 Å². The molecule has 0 aliphatic rings. The first-order chi connectivity index (χ1) is 4.81. The van der Waals surface area contributed by atoms with Crippen LogP contribution in [0.3, 0.4) is 0 Å². The molecule has 0 aliphatic heterocycles. The minimum absolute atomic E-state index is 0.0577. The third-order valence-electron chi connectivity index (χ3n) is 2.35. The van der Waals surface area contributed by atoms with Gasteiger partial charge in [0.05, 0.1) is 12.2 Å². The Morgan fingerprint density at radius 1 is 1.09 bits per heavy atom. The molecule has 0 saturated carbocycles. The maximum Gasteiger partial charge on any atom is 0.113 e. The van der Waals surface area contributed by atoms with Crippen molar-refractivity contribution in [1.29, 1.82) is 0 Å². The van der Waals surface area contributed by atoms with E-state index in [4.69, 9.17) is 4.74 Å². The third kappa shape index (κ3) is 3.19. The molecule has 0 radical (unpaired) electrons. The molecule has 0 saturated heterocycles. The van der Waals surface area contributed by atoms with Crippen molar-refractivity contribution in [3.63, 3.8) is 0 Å². The molecule has 0 N–H and O–H groups in total. The van der Waals surface area contributed by atoms with Gasteiger partial charge in [0.2, 0.25) is 0 Å². The minimum Gasteiger partial charge on any atom is -0.372 e. The normalized spacial score (nSPS) is 13.6. The van der Waals surface area contributed by atoms with E-state index in [0.717, 1.165) is 0 Å². The van der Waals surface area contributed by atoms with Gasteiger partial charge in [0.1, 0.15) is 6.67 Å². The number of hydrogen-bond acceptors (Lipinski definition) is 1. The quantitative estimate of drug-likeness (QED) is 0.620. The first-order valence-corrected chi connectivity index (χ1v) is 4.01. The summed E-state index contributed by atoms with van der Waals surface area (Å²) < 4.78 is 17.2. The standard InChI is InChI=1S/C9H19FO/c1-8(2,3)9(4,5)11-7-6-10/h6-7H2,1-5H3. The predicted molar refractivity (Wildman–Crippen MR) is 45.5 cm³/mol. The zero-order valence-electron chi connectivity index (χ0n) is 8.20. The lowest BCUT2D eigenvalue weighted by molar-refractivity contribution is -0.0931. The summed E-state index contributed by atoms with van der Waals surface area (Å²) in [7, 11) is 0. The van der Waals surface area contributed by atoms with Crippen LogP contribution in [0.1, 0.15) is 34.6 Å². The van der Waals surface area contributed by atoms with Crippen molar-refractivity contribution in [1.82, 2.24) is 0 Å². The monoisotopic (exact) mass is 162 g/mol. The SMILES string of the molecule is CC(C)(C)C(C)(C)OCCF. The number of halogens is 1. The summed E-state index contributed by atoms with van der Waals surface area (Å²) >= 11 is 0. The van der Waals surface area contributed by atoms with Gasteiger partial charge < -0.3 is 4.74 Å². The maximum absolute atomic E-state index is 11.8. The largest absolute Gasteiger partial charge is 0.372 e. The third-order valence-corrected chi connectivity index (χ3v) is 2.35. The van der Waals surface area contributed by atoms with Crippen molar-refractivity contribution in [3.05, 3.63) is 0 Å². The van der Waals surface area contributed by atoms with Gasteiger partial charge in [0.25, 0.3) is 0 Å². The Balaban J connectivity index is 4.00. The number of rotatable bonds is 3. The summed E-state index contributed by atoms with van der Waals surface area (Å²) in [6.45, 7) is 10.0. The second-order valence-electron chi connectivity index (χ2n) is 4.30. The van der Waals surface area contributed by atoms with Crippen molar-refractivity contribution in [2.75, 3.05) is 13.3 Å². The lowest BCUT2D eigenvalue weighted by Gasteiger charge is -2.38. The van der Waals surface area contributed by atoms with Crippen LogP contribution in [0.4, 0.5) is 4.39 Å². The molecule has 0 aromatic rings. The van der Waals surface area contributed by atoms with Crippen molar-refractivity contribution in [3.8, 4) is 0 Å². The van der Waals surface area contributed by atoms with Crippen LogP contribution >= 0.6 is 0 Å². The molecule has 0 atom stereocenters. The second kappa shape index (κ2) is 3.53. The van der Waals surface area contributed by atoms with Crippen LogP contribution in [0, 0.1) is 5.41 Å². The van der Waals surface area contributed by atoms with Gasteiger partial charge in [-0.3, -0.25) is 0 Å². The van der Waals surface area contributed by atoms with Gasteiger partial charge in [-0.25, -0.2) is 4.39 Å². The summed E-state index contributed by atoms with van der Waals surface area (Å²) in [4.78, 5) is 0. The van der Waals surface area contributed by atoms with E-state index in [1.54, 1.807) is 0 Å². The Morgan fingerprint density at radius 3 is 1.82 bits per heavy atom. The van der Waals surface area contributed by atoms with Gasteiger partial charge in [-0.1, -0.05) is 20.8 Å². The molecule has 2 heteroatoms. The predicted octanol–water partition coefficient (Wildman–Crippen LogP) is 2.80. The molecule has 1 nitrogen and oxygen atoms in total. The molecule has 0 aliphatic carbocycles. The van der Waals surface area contributed by atoms with E-state index in [1.165, 1.54) is 0 Å². The molecule has 0 unspecified atom stereocenters. The molecular weight excluding hydrogens is 143 g/mol. The van der Waals surface area contributed by atoms with Gasteiger partial charge >= 0.3 is 0 Å². The fourth-order valence-corrected chi connectivity index (χ4v) is 0.510. The van der Waals surface area contributed by atoms with Gasteiger partial charge in [0, 0.05) is 0 Å². The van der Waals surface area contributed by atoms with Crippen LogP contribution in [0.5, 0.6) is 0 Å². The smallest absolute Gasteiger partial charge is 0.113 e. The Morgan fingerprint density at radius 2 is 1.55 bits per heavy atom. The fraction of sp³-hybridized carbons (Fsp3) is 1.00. The van der Waals surface area contributed by atoms with Crippen LogP contribution in [0.15, 0.2) is 0 Å². The van der Waals surface area contributed by atoms with Gasteiger partial charge in [-0.15, -0.1) is 0 Å². The van der Waals surface area contributed by atoms with Gasteiger partial charge in [0.15, 0.2) is 0 Å². The fourth-order valence-electron chi connectivity index (χ4n) is 0.510. The molecule has 68 valence electrons. The van der Waals surface area contributed by atoms with E-state index in [0.29, 0.717) is 0 Å². The van der Waals surface area contributed by atoms with Crippen molar-refractivity contribution in [2.45, 2.75) is 40.2 Å². The van der Waals surface area contributed by atoms with Gasteiger partial charge in [-0.2, -0.15) is 0 Å². The van der Waals surface area contributed by atoms with E-state index in [9.17, 15) is 4.39 Å². The van der Waals surface area contributed by atoms with Crippen molar-refractivity contribution >= 4 is 0 Å². The molecule has 0 spiro atoms. The summed E-state index contributed by atoms with van der Waals surface area (Å²) in [5.74, 6) is 0. The summed E-state index contributed by atoms with van der Waals surface area (Å²) in [5.41, 5.74) is -0.193. The average Bonchev–Trinajstić information content (AvgIpc) is 1.81. The van der Waals surface area contributed by atoms with Crippen LogP contribution in [-0.2, 0) is 4.74 Å². The molecule has 0 rings (SSSR count). The molecule has 0 heterocycles. The number of hydrogen-bond donors (Lipinski definition) is 0. The first kappa shape index (κ1) is 10.9. The highest BCUT2D eigenvalue weighted by Gasteiger charge is 2.33. The molecule has 0 aromatic carbocycles. The summed E-state index contributed by atoms with van der Waals surface area (Å²) in [6.07, 6.45) is 0. The van der Waals surface area contributed by atoms with Crippen LogP contribution in [0.2, 0.25) is 0 Å². The summed E-state index contributed by atoms with van der Waals surface area (Å²) in [6, 6.07) is 0. The highest BCUT2D eigenvalue weighted by molar-refractivity contribution is 4.83. The highest BCUT2D eigenvalue weighted by atomic mass is 19.1. The Hall–Kier alpha value is -0.110. The minimum atomic E-state index is -0.403. The van der Waals surface area contributed by atoms with Crippen LogP contribution in [-0.4, -0.2) is 18.9 Å². The molecule has 11 heavy (non-hydrogen) atoms. The molecule has 0 bridgehead atoms. The van der Waals surface area contributed by atoms with E-state index in [-0.39, 0.29) is 17.6 Å². The van der Waals surface area contributed by atoms with E-state index >= 15 is 0 Å². The second-order valence-corrected chi connectivity index (χ2v) is 4.30. The zero-order valence-corrected chi connectivity index (χ0v) is 8.20. The Bertz CT molecular complexity index is 113. The lowest BCUT2D eigenvalue weighted by Crippen LogP contribution is -2.39. The lowest BCUT2D eigenvalue weighted by atomic mass is 9.79. The first-order valence-electron chi connectivity index (χ1n) is 4.01. The van der Waals surface area contributed by atoms with E-state index < -0.39 is 6.67 Å². The number of alkyl halides is 1. The van der Waals surface area contributed by atoms with E-state index in [2.05, 4.69) is 20.8 Å². The van der Waals surface area contributed by atoms with Crippen molar-refractivity contribution < 1.29 is 9.13 Å².